The third kappa shape index (κ3) is 70.3. The van der Waals surface area contributed by atoms with Crippen molar-refractivity contribution in [2.75, 3.05) is 39.6 Å². The van der Waals surface area contributed by atoms with Crippen molar-refractivity contribution in [2.45, 2.75) is 425 Å². The molecule has 0 rings (SSSR count). The lowest BCUT2D eigenvalue weighted by Gasteiger charge is -2.21. The number of hydrogen-bond acceptors (Lipinski definition) is 15. The van der Waals surface area contributed by atoms with Crippen LogP contribution in [0.25, 0.3) is 0 Å². The first-order chi connectivity index (χ1) is 46.2. The maximum absolute atomic E-state index is 13.1. The van der Waals surface area contributed by atoms with Crippen LogP contribution in [0, 0.1) is 0 Å². The molecule has 0 aliphatic carbocycles. The molecule has 0 aliphatic rings. The van der Waals surface area contributed by atoms with Gasteiger partial charge in [0, 0.05) is 25.7 Å². The van der Waals surface area contributed by atoms with Crippen LogP contribution in [-0.4, -0.2) is 96.7 Å². The second-order valence-electron chi connectivity index (χ2n) is 27.4. The Balaban J connectivity index is 5.19. The zero-order chi connectivity index (χ0) is 69.7. The Morgan fingerprint density at radius 2 is 0.421 bits per heavy atom. The van der Waals surface area contributed by atoms with Crippen molar-refractivity contribution in [3.63, 3.8) is 0 Å². The minimum atomic E-state index is -4.96. The Hall–Kier alpha value is -1.94. The van der Waals surface area contributed by atoms with Gasteiger partial charge in [-0.2, -0.15) is 0 Å². The Labute approximate surface area is 581 Å². The molecule has 0 aliphatic heterocycles. The number of ether oxygens (including phenoxy) is 4. The monoisotopic (exact) mass is 1400 g/mol. The van der Waals surface area contributed by atoms with Gasteiger partial charge in [0.05, 0.1) is 26.4 Å². The van der Waals surface area contributed by atoms with Crippen molar-refractivity contribution >= 4 is 39.5 Å². The second kappa shape index (κ2) is 70.5. The SMILES string of the molecule is CCCCCCCCCCCCCCCCCCCCCCC(=O)O[C@H](COC(=O)CCCCCCCCCCCCCCCCC)COP(=O)(O)OC[C@@H](O)COP(=O)(O)OC[C@@H](COC(=O)CCCCCCCCCC)OC(=O)CCCCCCCCCCCCCC. The van der Waals surface area contributed by atoms with Gasteiger partial charge in [-0.05, 0) is 25.7 Å². The van der Waals surface area contributed by atoms with Crippen molar-refractivity contribution in [2.24, 2.45) is 0 Å². The normalized spacial score (nSPS) is 13.9. The van der Waals surface area contributed by atoms with E-state index < -0.39 is 97.5 Å². The van der Waals surface area contributed by atoms with Crippen molar-refractivity contribution in [1.29, 1.82) is 0 Å². The van der Waals surface area contributed by atoms with Gasteiger partial charge < -0.3 is 33.8 Å². The number of unbranched alkanes of at least 4 members (excludes halogenated alkanes) is 51. The summed E-state index contributed by atoms with van der Waals surface area (Å²) < 4.78 is 68.4. The van der Waals surface area contributed by atoms with Gasteiger partial charge in [0.1, 0.15) is 19.3 Å². The zero-order valence-corrected chi connectivity index (χ0v) is 63.4. The highest BCUT2D eigenvalue weighted by Crippen LogP contribution is 2.45. The Morgan fingerprint density at radius 3 is 0.621 bits per heavy atom. The van der Waals surface area contributed by atoms with E-state index in [2.05, 4.69) is 27.7 Å². The predicted octanol–water partition coefficient (Wildman–Crippen LogP) is 22.6. The Bertz CT molecular complexity index is 1810. The maximum atomic E-state index is 13.1. The van der Waals surface area contributed by atoms with Crippen LogP contribution in [0.3, 0.4) is 0 Å². The van der Waals surface area contributed by atoms with Crippen LogP contribution in [0.4, 0.5) is 0 Å². The van der Waals surface area contributed by atoms with Gasteiger partial charge in [-0.3, -0.25) is 37.3 Å². The lowest BCUT2D eigenvalue weighted by Crippen LogP contribution is -2.30. The summed E-state index contributed by atoms with van der Waals surface area (Å²) in [6, 6.07) is 0. The summed E-state index contributed by atoms with van der Waals surface area (Å²) in [5.74, 6) is -2.11. The molecule has 564 valence electrons. The van der Waals surface area contributed by atoms with Crippen molar-refractivity contribution in [3.8, 4) is 0 Å². The van der Waals surface area contributed by atoms with Crippen LogP contribution in [0.5, 0.6) is 0 Å². The fourth-order valence-electron chi connectivity index (χ4n) is 11.8. The summed E-state index contributed by atoms with van der Waals surface area (Å²) >= 11 is 0. The molecule has 0 spiro atoms. The van der Waals surface area contributed by atoms with E-state index in [0.717, 1.165) is 89.9 Å². The average molecular weight is 1400 g/mol. The summed E-state index contributed by atoms with van der Waals surface area (Å²) in [6.07, 6.45) is 61.1. The average Bonchev–Trinajstić information content (AvgIpc) is 1.41. The predicted molar refractivity (Wildman–Crippen MR) is 386 cm³/mol. The van der Waals surface area contributed by atoms with Gasteiger partial charge in [0.15, 0.2) is 12.2 Å². The highest BCUT2D eigenvalue weighted by Gasteiger charge is 2.30. The fourth-order valence-corrected chi connectivity index (χ4v) is 13.3. The van der Waals surface area contributed by atoms with Crippen LogP contribution >= 0.6 is 15.6 Å². The van der Waals surface area contributed by atoms with E-state index in [-0.39, 0.29) is 25.7 Å². The van der Waals surface area contributed by atoms with E-state index in [9.17, 15) is 43.2 Å². The molecule has 0 saturated carbocycles. The molecule has 0 fully saturated rings. The molecule has 0 bridgehead atoms. The molecular weight excluding hydrogens is 1250 g/mol. The van der Waals surface area contributed by atoms with Gasteiger partial charge in [-0.25, -0.2) is 9.13 Å². The Kier molecular flexibility index (Phi) is 69.1. The van der Waals surface area contributed by atoms with E-state index in [4.69, 9.17) is 37.0 Å². The van der Waals surface area contributed by atoms with Crippen LogP contribution < -0.4 is 0 Å². The minimum Gasteiger partial charge on any atom is -0.462 e. The quantitative estimate of drug-likeness (QED) is 0.0222. The maximum Gasteiger partial charge on any atom is 0.472 e. The van der Waals surface area contributed by atoms with Crippen LogP contribution in [-0.2, 0) is 65.4 Å². The fraction of sp³-hybridized carbons (Fsp3) is 0.947. The number of carbonyl (C=O) groups is 4. The lowest BCUT2D eigenvalue weighted by atomic mass is 10.0. The molecule has 0 aromatic carbocycles. The first-order valence-corrected chi connectivity index (χ1v) is 42.8. The number of carbonyl (C=O) groups excluding carboxylic acids is 4. The molecule has 0 radical (unpaired) electrons. The molecule has 19 heteroatoms. The molecule has 2 unspecified atom stereocenters. The van der Waals surface area contributed by atoms with Gasteiger partial charge in [-0.1, -0.05) is 355 Å². The molecule has 0 aromatic rings. The molecule has 3 N–H and O–H groups in total. The molecule has 95 heavy (non-hydrogen) atoms. The van der Waals surface area contributed by atoms with Gasteiger partial charge in [0.25, 0.3) is 0 Å². The number of rotatable bonds is 77. The number of hydrogen-bond donors (Lipinski definition) is 3. The number of aliphatic hydroxyl groups is 1. The summed E-state index contributed by atoms with van der Waals surface area (Å²) in [7, 11) is -9.90. The molecular formula is C76H148O17P2. The zero-order valence-electron chi connectivity index (χ0n) is 61.6. The number of phosphoric acid groups is 2. The number of esters is 4. The Morgan fingerprint density at radius 1 is 0.253 bits per heavy atom. The van der Waals surface area contributed by atoms with Gasteiger partial charge >= 0.3 is 39.5 Å². The molecule has 17 nitrogen and oxygen atoms in total. The van der Waals surface area contributed by atoms with Crippen LogP contribution in [0.15, 0.2) is 0 Å². The van der Waals surface area contributed by atoms with E-state index in [0.29, 0.717) is 25.7 Å². The number of aliphatic hydroxyl groups excluding tert-OH is 1. The number of phosphoric ester groups is 2. The van der Waals surface area contributed by atoms with Crippen LogP contribution in [0.1, 0.15) is 407 Å². The summed E-state index contributed by atoms with van der Waals surface area (Å²) in [5.41, 5.74) is 0. The summed E-state index contributed by atoms with van der Waals surface area (Å²) in [4.78, 5) is 72.7. The topological polar surface area (TPSA) is 237 Å². The smallest absolute Gasteiger partial charge is 0.462 e. The molecule has 0 aromatic heterocycles. The second-order valence-corrected chi connectivity index (χ2v) is 30.3. The molecule has 0 saturated heterocycles. The first kappa shape index (κ1) is 93.1. The molecule has 5 atom stereocenters. The largest absolute Gasteiger partial charge is 0.472 e. The van der Waals surface area contributed by atoms with E-state index in [1.165, 1.54) is 238 Å². The van der Waals surface area contributed by atoms with Crippen molar-refractivity contribution in [3.05, 3.63) is 0 Å². The van der Waals surface area contributed by atoms with Crippen molar-refractivity contribution < 1.29 is 80.2 Å². The van der Waals surface area contributed by atoms with Gasteiger partial charge in [0.2, 0.25) is 0 Å². The summed E-state index contributed by atoms with van der Waals surface area (Å²) in [5, 5.41) is 10.6. The highest BCUT2D eigenvalue weighted by molar-refractivity contribution is 7.47. The van der Waals surface area contributed by atoms with E-state index in [1.54, 1.807) is 0 Å². The third-order valence-corrected chi connectivity index (χ3v) is 19.8. The lowest BCUT2D eigenvalue weighted by molar-refractivity contribution is -0.161. The standard InChI is InChI=1S/C76H148O17P2/c1-5-9-13-17-21-25-28-31-33-34-35-36-37-39-41-44-47-51-55-59-63-76(81)93-72(67-87-74(79)61-57-53-49-45-43-40-38-32-29-26-22-18-14-10-6-2)69-91-95(84,85)89-65-70(77)64-88-94(82,83)90-68-71(66-86-73(78)60-56-52-48-24-20-16-12-8-4)92-75(80)62-58-54-50-46-42-30-27-23-19-15-11-7-3/h70-72,77H,5-69H2,1-4H3,(H,82,83)(H,84,85)/t70-,71+,72+/m0/s1. The minimum absolute atomic E-state index is 0.108. The van der Waals surface area contributed by atoms with Gasteiger partial charge in [-0.15, -0.1) is 0 Å². The molecule has 0 heterocycles. The van der Waals surface area contributed by atoms with Crippen LogP contribution in [0.2, 0.25) is 0 Å². The highest BCUT2D eigenvalue weighted by atomic mass is 31.2. The summed E-state index contributed by atoms with van der Waals surface area (Å²) in [6.45, 7) is 4.96. The van der Waals surface area contributed by atoms with E-state index in [1.807, 2.05) is 0 Å². The van der Waals surface area contributed by atoms with Crippen molar-refractivity contribution in [1.82, 2.24) is 0 Å². The first-order valence-electron chi connectivity index (χ1n) is 39.8. The molecule has 0 amide bonds. The third-order valence-electron chi connectivity index (χ3n) is 17.9. The van der Waals surface area contributed by atoms with E-state index >= 15 is 0 Å².